The number of halogens is 1. The van der Waals surface area contributed by atoms with E-state index in [-0.39, 0.29) is 11.5 Å². The van der Waals surface area contributed by atoms with Crippen LogP contribution in [0.2, 0.25) is 0 Å². The predicted molar refractivity (Wildman–Crippen MR) is 413 cm³/mol. The van der Waals surface area contributed by atoms with Gasteiger partial charge < -0.3 is 27.7 Å². The van der Waals surface area contributed by atoms with E-state index in [9.17, 15) is 4.39 Å². The molecule has 0 bridgehead atoms. The van der Waals surface area contributed by atoms with Crippen LogP contribution < -0.4 is 10.1 Å². The molecule has 17 heterocycles. The fourth-order valence-electron chi connectivity index (χ4n) is 15.0. The Hall–Kier alpha value is -12.5. The average molecular weight is 1440 g/mol. The van der Waals surface area contributed by atoms with Crippen LogP contribution in [0.5, 0.6) is 5.75 Å². The summed E-state index contributed by atoms with van der Waals surface area (Å²) in [6, 6.07) is 28.3. The molecular weight excluding hydrogens is 1360 g/mol. The minimum Gasteiger partial charge on any atom is -0.486 e. The van der Waals surface area contributed by atoms with Crippen molar-refractivity contribution in [1.82, 2.24) is 111 Å². The predicted octanol–water partition coefficient (Wildman–Crippen LogP) is 13.4. The average Bonchev–Trinajstić information content (AvgIpc) is 1.61. The Morgan fingerprint density at radius 3 is 1.25 bits per heavy atom. The van der Waals surface area contributed by atoms with Crippen molar-refractivity contribution in [2.75, 3.05) is 18.5 Å². The third kappa shape index (κ3) is 12.7. The molecule has 26 heteroatoms. The number of hydrogen-bond donors (Lipinski definition) is 1. The second kappa shape index (κ2) is 28.1. The molecule has 1 aliphatic carbocycles. The van der Waals surface area contributed by atoms with Crippen molar-refractivity contribution >= 4 is 72.4 Å². The highest BCUT2D eigenvalue weighted by Crippen LogP contribution is 2.34. The summed E-state index contributed by atoms with van der Waals surface area (Å²) in [5.74, 6) is 3.61. The highest BCUT2D eigenvalue weighted by atomic mass is 19.1. The van der Waals surface area contributed by atoms with E-state index in [1.54, 1.807) is 10.6 Å². The molecule has 0 radical (unpaired) electrons. The first kappa shape index (κ1) is 68.6. The van der Waals surface area contributed by atoms with Gasteiger partial charge in [-0.3, -0.25) is 15.0 Å². The Labute approximate surface area is 620 Å². The van der Waals surface area contributed by atoms with E-state index in [1.165, 1.54) is 64.0 Å². The molecule has 108 heavy (non-hydrogen) atoms. The van der Waals surface area contributed by atoms with E-state index in [0.29, 0.717) is 25.3 Å². The number of pyridine rings is 5. The van der Waals surface area contributed by atoms with Gasteiger partial charge in [0.2, 0.25) is 0 Å². The summed E-state index contributed by atoms with van der Waals surface area (Å²) in [6.45, 7) is 23.7. The van der Waals surface area contributed by atoms with E-state index >= 15 is 0 Å². The number of anilines is 1. The standard InChI is InChI=1S/C21H18FN5.C21H24N6.C21H20N6.C19H21N7O/c1-13-7-8-17(22)21-24-19(25-27(13)21)10-9-18-14(2)26-12-11-15-5-3-4-6-16(15)20(26)23-18;2*1-13-12-22-14(2)20-24-19(25-27(13)20)9-8-18-15(3)26-11-10-16-6-4-5-7-17(16)21(26)23-18;1-11-10-21-12(2)18-23-16(24-26(11)18)5-4-14-13(3)25-8-6-15-17(19(25)22-14)27-9-7-20-15/h3-8,11-12H,9-10H2,1-2H3;10-12H,4-9H2,1-3H3;4-7,10-12H,8-9H2,1-3H3;6,8,10,20H,4-5,7,9H2,1-3H3. The lowest BCUT2D eigenvalue weighted by atomic mass is 9.93. The normalized spacial score (nSPS) is 12.9. The first-order valence-corrected chi connectivity index (χ1v) is 37.1. The van der Waals surface area contributed by atoms with Crippen LogP contribution >= 0.6 is 0 Å². The second-order valence-corrected chi connectivity index (χ2v) is 28.3. The van der Waals surface area contributed by atoms with Gasteiger partial charge in [-0.1, -0.05) is 48.5 Å². The number of nitrogens with zero attached hydrogens (tertiary/aromatic N) is 23. The van der Waals surface area contributed by atoms with E-state index < -0.39 is 0 Å². The van der Waals surface area contributed by atoms with Crippen LogP contribution in [0, 0.1) is 82.0 Å². The molecule has 0 fully saturated rings. The number of nitrogens with one attached hydrogen (secondary N) is 1. The lowest BCUT2D eigenvalue weighted by Crippen LogP contribution is -2.18. The van der Waals surface area contributed by atoms with Gasteiger partial charge in [0.05, 0.1) is 62.6 Å². The third-order valence-electron chi connectivity index (χ3n) is 21.2. The molecule has 1 aliphatic heterocycles. The van der Waals surface area contributed by atoms with E-state index in [1.807, 2.05) is 105 Å². The first-order chi connectivity index (χ1) is 52.5. The fourth-order valence-corrected chi connectivity index (χ4v) is 15.0. The minimum absolute atomic E-state index is 0.280. The molecular formula is C82H83FN24O. The number of fused-ring (bicyclic) bond motifs is 16. The van der Waals surface area contributed by atoms with Crippen LogP contribution in [0.25, 0.3) is 66.7 Å². The highest BCUT2D eigenvalue weighted by molar-refractivity contribution is 5.95. The van der Waals surface area contributed by atoms with Crippen LogP contribution in [0.4, 0.5) is 10.1 Å². The van der Waals surface area contributed by atoms with Crippen molar-refractivity contribution in [2.24, 2.45) is 0 Å². The van der Waals surface area contributed by atoms with Crippen molar-refractivity contribution in [3.8, 4) is 5.75 Å². The molecule has 1 N–H and O–H groups in total. The van der Waals surface area contributed by atoms with Gasteiger partial charge in [-0.15, -0.1) is 0 Å². The number of aromatic nitrogens is 23. The topological polar surface area (TPSA) is 250 Å². The number of benzene rings is 2. The van der Waals surface area contributed by atoms with Crippen LogP contribution in [-0.4, -0.2) is 124 Å². The second-order valence-electron chi connectivity index (χ2n) is 28.3. The van der Waals surface area contributed by atoms with Gasteiger partial charge in [-0.05, 0) is 186 Å². The fraction of sp³-hybridized carbons (Fsp3) is 0.305. The molecule has 2 aromatic carbocycles. The zero-order valence-corrected chi connectivity index (χ0v) is 62.6. The summed E-state index contributed by atoms with van der Waals surface area (Å²) in [6.07, 6.45) is 24.8. The van der Waals surface area contributed by atoms with Crippen molar-refractivity contribution in [1.29, 1.82) is 0 Å². The van der Waals surface area contributed by atoms with E-state index in [4.69, 9.17) is 29.7 Å². The van der Waals surface area contributed by atoms with Gasteiger partial charge in [0.1, 0.15) is 23.5 Å². The number of aryl methyl sites for hydroxylation is 21. The Balaban J connectivity index is 0.000000105. The molecule has 25 nitrogen and oxygen atoms in total. The molecule has 544 valence electrons. The van der Waals surface area contributed by atoms with Gasteiger partial charge in [0, 0.05) is 115 Å². The Bertz CT molecular complexity index is 5990. The van der Waals surface area contributed by atoms with Gasteiger partial charge in [0.15, 0.2) is 63.1 Å². The van der Waals surface area contributed by atoms with Crippen molar-refractivity contribution in [3.05, 3.63) is 254 Å². The lowest BCUT2D eigenvalue weighted by Gasteiger charge is -2.19. The smallest absolute Gasteiger partial charge is 0.191 e. The van der Waals surface area contributed by atoms with Crippen LogP contribution in [0.3, 0.4) is 0 Å². The van der Waals surface area contributed by atoms with Gasteiger partial charge in [0.25, 0.3) is 0 Å². The maximum absolute atomic E-state index is 14.0. The molecule has 0 amide bonds. The van der Waals surface area contributed by atoms with Crippen molar-refractivity contribution in [3.63, 3.8) is 0 Å². The largest absolute Gasteiger partial charge is 0.486 e. The van der Waals surface area contributed by atoms with Crippen molar-refractivity contribution < 1.29 is 9.13 Å². The van der Waals surface area contributed by atoms with Crippen LogP contribution in [0.15, 0.2) is 128 Å². The first-order valence-electron chi connectivity index (χ1n) is 37.1. The maximum atomic E-state index is 14.0. The zero-order chi connectivity index (χ0) is 74.2. The summed E-state index contributed by atoms with van der Waals surface area (Å²) in [5.41, 5.74) is 26.2. The molecule has 16 aromatic heterocycles. The van der Waals surface area contributed by atoms with Crippen LogP contribution in [-0.2, 0) is 64.2 Å². The SMILES string of the molecule is Cc1c(CCc2nc3c(F)ccc(C)n3n2)nc2c3ccccc3ccn12.Cc1ncc(C)n2nc(CCc3nc4c5c(ccn4c3C)CCCC5)nc12.Cc1ncc(C)n2nc(CCc3nc4c5c(ccn4c3C)NCCO5)nc12.Cc1ncc(C)n2nc(CCc3nc4c5ccccc5ccn4c3C)nc12. The maximum Gasteiger partial charge on any atom is 0.191 e. The van der Waals surface area contributed by atoms with Gasteiger partial charge >= 0.3 is 0 Å². The summed E-state index contributed by atoms with van der Waals surface area (Å²) < 4.78 is 35.7. The zero-order valence-electron chi connectivity index (χ0n) is 62.6. The Kier molecular flexibility index (Phi) is 17.9. The third-order valence-corrected chi connectivity index (χ3v) is 21.2. The molecule has 18 aromatic rings. The van der Waals surface area contributed by atoms with E-state index in [0.717, 1.165) is 199 Å². The molecule has 0 saturated carbocycles. The monoisotopic (exact) mass is 1440 g/mol. The molecule has 0 atom stereocenters. The molecule has 2 aliphatic rings. The van der Waals surface area contributed by atoms with Crippen molar-refractivity contribution in [2.45, 2.75) is 153 Å². The summed E-state index contributed by atoms with van der Waals surface area (Å²) in [7, 11) is 0. The van der Waals surface area contributed by atoms with Crippen LogP contribution in [0.1, 0.15) is 133 Å². The minimum atomic E-state index is -0.352. The quantitative estimate of drug-likeness (QED) is 0.119. The van der Waals surface area contributed by atoms with E-state index in [2.05, 4.69) is 174 Å². The summed E-state index contributed by atoms with van der Waals surface area (Å²) in [4.78, 5) is 51.2. The molecule has 0 spiro atoms. The number of hydrogen-bond acceptors (Lipinski definition) is 17. The van der Waals surface area contributed by atoms with Gasteiger partial charge in [-0.2, -0.15) is 20.4 Å². The molecule has 20 rings (SSSR count). The Morgan fingerprint density at radius 2 is 0.778 bits per heavy atom. The molecule has 0 unspecified atom stereocenters. The number of ether oxygens (including phenoxy) is 1. The lowest BCUT2D eigenvalue weighted by molar-refractivity contribution is 0.325. The highest BCUT2D eigenvalue weighted by Gasteiger charge is 2.23. The van der Waals surface area contributed by atoms with Gasteiger partial charge in [-0.25, -0.2) is 62.3 Å². The Morgan fingerprint density at radius 1 is 0.380 bits per heavy atom. The summed E-state index contributed by atoms with van der Waals surface area (Å²) in [5, 5.41) is 26.5. The summed E-state index contributed by atoms with van der Waals surface area (Å²) >= 11 is 0. The molecule has 0 saturated heterocycles. The number of imidazole rings is 4. The number of rotatable bonds is 12.